The van der Waals surface area contributed by atoms with Gasteiger partial charge in [0, 0.05) is 6.61 Å². The van der Waals surface area contributed by atoms with Crippen LogP contribution in [0.3, 0.4) is 0 Å². The first kappa shape index (κ1) is 23.2. The van der Waals surface area contributed by atoms with E-state index in [4.69, 9.17) is 9.05 Å². The largest absolute Gasteiger partial charge is 0.396 e. The van der Waals surface area contributed by atoms with E-state index in [0.717, 1.165) is 38.7 Å². The number of aliphatic hydroxyl groups is 1. The molecule has 0 saturated carbocycles. The first-order valence-corrected chi connectivity index (χ1v) is 15.4. The normalized spacial score (nSPS) is 15.6. The molecule has 0 rings (SSSR count). The van der Waals surface area contributed by atoms with E-state index in [9.17, 15) is 5.11 Å². The number of rotatable bonds is 13. The Labute approximate surface area is 160 Å². The van der Waals surface area contributed by atoms with Crippen molar-refractivity contribution in [3.8, 4) is 0 Å². The molecule has 3 atom stereocenters. The zero-order valence-electron chi connectivity index (χ0n) is 13.5. The number of aliphatic hydroxyl groups excluding tert-OH is 1. The van der Waals surface area contributed by atoms with E-state index in [1.807, 2.05) is 0 Å². The van der Waals surface area contributed by atoms with Crippen molar-refractivity contribution in [3.63, 3.8) is 0 Å². The summed E-state index contributed by atoms with van der Waals surface area (Å²) in [5.41, 5.74) is 0.280. The van der Waals surface area contributed by atoms with Crippen molar-refractivity contribution in [1.29, 1.82) is 0 Å². The third-order valence-electron chi connectivity index (χ3n) is 3.80. The zero-order chi connectivity index (χ0) is 16.4. The van der Waals surface area contributed by atoms with Gasteiger partial charge >= 0.3 is 0 Å². The van der Waals surface area contributed by atoms with Gasteiger partial charge < -0.3 is 14.2 Å². The molecule has 0 aliphatic rings. The molecule has 7 heteroatoms. The molecule has 0 aliphatic heterocycles. The number of halogens is 2. The van der Waals surface area contributed by atoms with Crippen LogP contribution in [0, 0.1) is 10.8 Å². The van der Waals surface area contributed by atoms with Crippen molar-refractivity contribution in [2.24, 2.45) is 10.8 Å². The minimum Gasteiger partial charge on any atom is -0.396 e. The molecule has 0 aromatic heterocycles. The summed E-state index contributed by atoms with van der Waals surface area (Å²) >= 11 is 4.57. The van der Waals surface area contributed by atoms with Crippen LogP contribution in [0.1, 0.15) is 59.8 Å². The molecule has 3 unspecified atom stereocenters. The lowest BCUT2D eigenvalue weighted by molar-refractivity contribution is 0.0338. The van der Waals surface area contributed by atoms with Crippen molar-refractivity contribution in [2.45, 2.75) is 65.9 Å². The minimum absolute atomic E-state index is 0.128. The number of unbranched alkanes of at least 4 members (excludes halogenated alkanes) is 1. The third kappa shape index (κ3) is 11.4. The molecular weight excluding hydrogens is 532 g/mol. The van der Waals surface area contributed by atoms with E-state index in [2.05, 4.69) is 71.8 Å². The molecule has 0 radical (unpaired) electrons. The van der Waals surface area contributed by atoms with Crippen LogP contribution in [0.15, 0.2) is 0 Å². The van der Waals surface area contributed by atoms with Gasteiger partial charge in [-0.3, -0.25) is 0 Å². The highest BCUT2D eigenvalue weighted by Crippen LogP contribution is 2.43. The molecule has 3 nitrogen and oxygen atoms in total. The summed E-state index contributed by atoms with van der Waals surface area (Å²) in [5.74, 6) is 0. The molecule has 0 saturated heterocycles. The van der Waals surface area contributed by atoms with Gasteiger partial charge in [-0.2, -0.15) is 0 Å². The molecule has 0 heterocycles. The highest BCUT2D eigenvalue weighted by Gasteiger charge is 2.35. The maximum absolute atomic E-state index is 9.22. The predicted octanol–water partition coefficient (Wildman–Crippen LogP) is 6.27. The van der Waals surface area contributed by atoms with E-state index in [0.29, 0.717) is 12.9 Å². The molecule has 0 amide bonds. The van der Waals surface area contributed by atoms with Gasteiger partial charge in [0.25, 0.3) is 0 Å². The Balaban J connectivity index is 4.45. The maximum atomic E-state index is 9.22. The van der Waals surface area contributed by atoms with Crippen LogP contribution >= 0.6 is 57.0 Å². The summed E-state index contributed by atoms with van der Waals surface area (Å²) in [7, 11) is 0. The smallest absolute Gasteiger partial charge is 0.0797 e. The fourth-order valence-electron chi connectivity index (χ4n) is 2.94. The van der Waals surface area contributed by atoms with Crippen LogP contribution in [0.4, 0.5) is 0 Å². The van der Waals surface area contributed by atoms with Crippen LogP contribution < -0.4 is 0 Å². The molecule has 128 valence electrons. The summed E-state index contributed by atoms with van der Waals surface area (Å²) < 4.78 is 11.5. The molecule has 0 aromatic rings. The van der Waals surface area contributed by atoms with Crippen molar-refractivity contribution >= 4 is 57.0 Å². The average Bonchev–Trinajstić information content (AvgIpc) is 2.35. The second-order valence-electron chi connectivity index (χ2n) is 6.91. The highest BCUT2D eigenvalue weighted by molar-refractivity contribution is 14.2. The Morgan fingerprint density at radius 3 is 2.29 bits per heavy atom. The van der Waals surface area contributed by atoms with E-state index in [-0.39, 0.29) is 23.5 Å². The molecule has 0 aromatic carbocycles. The molecule has 1 N–H and O–H groups in total. The van der Waals surface area contributed by atoms with Gasteiger partial charge in [-0.25, -0.2) is 0 Å². The molecule has 0 spiro atoms. The zero-order valence-corrected chi connectivity index (χ0v) is 19.9. The highest BCUT2D eigenvalue weighted by atomic mass is 127. The summed E-state index contributed by atoms with van der Waals surface area (Å²) in [5, 5.41) is 9.22. The van der Waals surface area contributed by atoms with Gasteiger partial charge in [0.15, 0.2) is 0 Å². The second-order valence-corrected chi connectivity index (χ2v) is 10.4. The monoisotopic (exact) mass is 562 g/mol. The lowest BCUT2D eigenvalue weighted by Gasteiger charge is -2.40. The van der Waals surface area contributed by atoms with Crippen LogP contribution in [0.25, 0.3) is 0 Å². The fourth-order valence-corrected chi connectivity index (χ4v) is 5.29. The van der Waals surface area contributed by atoms with Gasteiger partial charge in [0.1, 0.15) is 0 Å². The van der Waals surface area contributed by atoms with Gasteiger partial charge in [-0.1, -0.05) is 27.7 Å². The van der Waals surface area contributed by atoms with Gasteiger partial charge in [0.05, 0.1) is 25.6 Å². The Hall–Kier alpha value is 2.20. The lowest BCUT2D eigenvalue weighted by Crippen LogP contribution is -2.35. The SMILES string of the molecule is CC(C)(CCO)CC(C)(C)C(CCCCOPI)OPI. The Kier molecular flexibility index (Phi) is 13.9. The van der Waals surface area contributed by atoms with Crippen LogP contribution in [0.2, 0.25) is 0 Å². The van der Waals surface area contributed by atoms with E-state index < -0.39 is 0 Å². The van der Waals surface area contributed by atoms with Crippen molar-refractivity contribution in [1.82, 2.24) is 0 Å². The lowest BCUT2D eigenvalue weighted by atomic mass is 9.70. The maximum Gasteiger partial charge on any atom is 0.0797 e. The summed E-state index contributed by atoms with van der Waals surface area (Å²) in [6.07, 6.45) is 5.55. The molecule has 0 bridgehead atoms. The predicted molar refractivity (Wildman–Crippen MR) is 113 cm³/mol. The molecular formula is C14H30I2O3P2. The van der Waals surface area contributed by atoms with Crippen LogP contribution in [-0.4, -0.2) is 24.4 Å². The van der Waals surface area contributed by atoms with Crippen LogP contribution in [0.5, 0.6) is 0 Å². The quantitative estimate of drug-likeness (QED) is 0.164. The number of hydrogen-bond donors (Lipinski definition) is 1. The summed E-state index contributed by atoms with van der Waals surface area (Å²) in [4.78, 5) is 0. The topological polar surface area (TPSA) is 38.7 Å². The van der Waals surface area contributed by atoms with Crippen molar-refractivity contribution in [3.05, 3.63) is 0 Å². The van der Waals surface area contributed by atoms with Gasteiger partial charge in [-0.15, -0.1) is 0 Å². The first-order chi connectivity index (χ1) is 9.79. The molecule has 0 aliphatic carbocycles. The van der Waals surface area contributed by atoms with Gasteiger partial charge in [0.2, 0.25) is 0 Å². The molecule has 21 heavy (non-hydrogen) atoms. The minimum atomic E-state index is 0.128. The third-order valence-corrected chi connectivity index (χ3v) is 6.18. The van der Waals surface area contributed by atoms with E-state index in [1.165, 1.54) is 0 Å². The fraction of sp³-hybridized carbons (Fsp3) is 1.00. The summed E-state index contributed by atoms with van der Waals surface area (Å²) in [6, 6.07) is 0. The number of hydrogen-bond acceptors (Lipinski definition) is 3. The average molecular weight is 562 g/mol. The summed E-state index contributed by atoms with van der Waals surface area (Å²) in [6.45, 7) is 11.3. The standard InChI is InChI=1S/C14H30I2O3P2/c1-13(2,8-9-17)11-14(3,4)12(19-21-16)7-5-6-10-18-20-15/h12,17,20-21H,5-11H2,1-4H3. The Morgan fingerprint density at radius 1 is 1.10 bits per heavy atom. The van der Waals surface area contributed by atoms with Gasteiger partial charge in [-0.05, 0) is 87.0 Å². The van der Waals surface area contributed by atoms with E-state index in [1.54, 1.807) is 0 Å². The molecule has 0 fully saturated rings. The second kappa shape index (κ2) is 12.5. The van der Waals surface area contributed by atoms with Crippen LogP contribution in [-0.2, 0) is 9.05 Å². The van der Waals surface area contributed by atoms with Crippen molar-refractivity contribution in [2.75, 3.05) is 13.2 Å². The van der Waals surface area contributed by atoms with Crippen molar-refractivity contribution < 1.29 is 14.2 Å². The van der Waals surface area contributed by atoms with E-state index >= 15 is 0 Å². The first-order valence-electron chi connectivity index (χ1n) is 7.38. The Bertz CT molecular complexity index is 267. The Morgan fingerprint density at radius 2 is 1.76 bits per heavy atom.